The zero-order valence-electron chi connectivity index (χ0n) is 21.8. The summed E-state index contributed by atoms with van der Waals surface area (Å²) in [6.07, 6.45) is 5.82. The van der Waals surface area contributed by atoms with E-state index in [1.807, 2.05) is 29.3 Å². The number of imidazole rings is 1. The highest BCUT2D eigenvalue weighted by molar-refractivity contribution is 6.33. The first-order chi connectivity index (χ1) is 19.0. The summed E-state index contributed by atoms with van der Waals surface area (Å²) in [5.41, 5.74) is 5.62. The Balaban J connectivity index is 1.20. The van der Waals surface area contributed by atoms with Crippen molar-refractivity contribution in [2.24, 2.45) is 0 Å². The first kappa shape index (κ1) is 24.2. The van der Waals surface area contributed by atoms with Gasteiger partial charge in [-0.2, -0.15) is 0 Å². The topological polar surface area (TPSA) is 66.6 Å². The smallest absolute Gasteiger partial charge is 0.219 e. The monoisotopic (exact) mass is 536 g/mol. The second kappa shape index (κ2) is 9.74. The van der Waals surface area contributed by atoms with Crippen molar-refractivity contribution < 1.29 is 4.79 Å². The highest BCUT2D eigenvalue weighted by atomic mass is 35.5. The van der Waals surface area contributed by atoms with Gasteiger partial charge in [0.25, 0.3) is 0 Å². The summed E-state index contributed by atoms with van der Waals surface area (Å²) in [6.45, 7) is 5.17. The van der Waals surface area contributed by atoms with Crippen LogP contribution in [0.4, 0.5) is 0 Å². The number of pyridine rings is 1. The largest absolute Gasteiger partial charge is 0.340 e. The van der Waals surface area contributed by atoms with E-state index in [4.69, 9.17) is 21.6 Å². The number of hydrogen-bond donors (Lipinski definition) is 0. The minimum atomic E-state index is 0.170. The number of carbonyl (C=O) groups excluding carboxylic acids is 1. The van der Waals surface area contributed by atoms with E-state index < -0.39 is 0 Å². The third-order valence-corrected chi connectivity index (χ3v) is 8.60. The summed E-state index contributed by atoms with van der Waals surface area (Å²) >= 11 is 6.68. The molecule has 4 heterocycles. The van der Waals surface area contributed by atoms with Gasteiger partial charge < -0.3 is 4.90 Å². The van der Waals surface area contributed by atoms with Crippen LogP contribution in [0.5, 0.6) is 0 Å². The summed E-state index contributed by atoms with van der Waals surface area (Å²) in [7, 11) is 0. The fourth-order valence-electron chi connectivity index (χ4n) is 6.05. The van der Waals surface area contributed by atoms with Gasteiger partial charge in [-0.05, 0) is 25.0 Å². The first-order valence-corrected chi connectivity index (χ1v) is 13.9. The molecular weight excluding hydrogens is 508 g/mol. The molecule has 1 amide bonds. The number of fused-ring (bicyclic) bond motifs is 2. The molecule has 0 unspecified atom stereocenters. The Labute approximate surface area is 232 Å². The molecule has 0 spiro atoms. The first-order valence-electron chi connectivity index (χ1n) is 13.5. The number of rotatable bonds is 4. The molecule has 1 aliphatic carbocycles. The molecule has 8 heteroatoms. The lowest BCUT2D eigenvalue weighted by Crippen LogP contribution is -2.54. The lowest BCUT2D eigenvalue weighted by molar-refractivity contribution is -0.131. The maximum absolute atomic E-state index is 11.7. The Morgan fingerprint density at radius 3 is 2.46 bits per heavy atom. The number of benzene rings is 2. The second-order valence-electron chi connectivity index (χ2n) is 10.6. The molecule has 5 aromatic rings. The highest BCUT2D eigenvalue weighted by Crippen LogP contribution is 2.42. The fourth-order valence-corrected chi connectivity index (χ4v) is 6.28. The van der Waals surface area contributed by atoms with Gasteiger partial charge in [-0.3, -0.25) is 14.1 Å². The van der Waals surface area contributed by atoms with Gasteiger partial charge in [0.05, 0.1) is 16.9 Å². The second-order valence-corrected chi connectivity index (χ2v) is 10.9. The zero-order chi connectivity index (χ0) is 26.5. The van der Waals surface area contributed by atoms with E-state index in [2.05, 4.69) is 56.7 Å². The summed E-state index contributed by atoms with van der Waals surface area (Å²) < 4.78 is 2.12. The standard InChI is InChI=1S/C31H29ClN6O/c1-20(39)36-13-15-37(16-14-36)25-17-24(18-25)31-35-28(29-30(32)33-11-12-38(29)31)23-8-7-22-9-10-26(34-27(22)19-23)21-5-3-2-4-6-21/h2-12,19,24-25H,13-18H2,1H3/t24-,25+. The van der Waals surface area contributed by atoms with Crippen molar-refractivity contribution in [3.63, 3.8) is 0 Å². The maximum atomic E-state index is 11.7. The van der Waals surface area contributed by atoms with E-state index in [0.29, 0.717) is 17.1 Å². The van der Waals surface area contributed by atoms with Crippen LogP contribution in [0.3, 0.4) is 0 Å². The lowest BCUT2D eigenvalue weighted by atomic mass is 9.78. The summed E-state index contributed by atoms with van der Waals surface area (Å²) in [5, 5.41) is 1.53. The van der Waals surface area contributed by atoms with Gasteiger partial charge in [0.15, 0.2) is 5.15 Å². The highest BCUT2D eigenvalue weighted by Gasteiger charge is 2.38. The minimum Gasteiger partial charge on any atom is -0.340 e. The Morgan fingerprint density at radius 1 is 0.923 bits per heavy atom. The van der Waals surface area contributed by atoms with E-state index in [1.165, 1.54) is 0 Å². The van der Waals surface area contributed by atoms with E-state index in [0.717, 1.165) is 83.8 Å². The van der Waals surface area contributed by atoms with Crippen LogP contribution in [-0.4, -0.2) is 67.3 Å². The van der Waals surface area contributed by atoms with Crippen LogP contribution < -0.4 is 0 Å². The molecule has 0 atom stereocenters. The number of halogens is 1. The molecule has 0 bridgehead atoms. The van der Waals surface area contributed by atoms with E-state index >= 15 is 0 Å². The third-order valence-electron chi connectivity index (χ3n) is 8.33. The molecule has 0 N–H and O–H groups in total. The number of aromatic nitrogens is 4. The van der Waals surface area contributed by atoms with Gasteiger partial charge in [-0.1, -0.05) is 60.1 Å². The van der Waals surface area contributed by atoms with Crippen LogP contribution in [0.25, 0.3) is 38.9 Å². The van der Waals surface area contributed by atoms with Crippen molar-refractivity contribution in [3.8, 4) is 22.5 Å². The van der Waals surface area contributed by atoms with Crippen LogP contribution in [-0.2, 0) is 4.79 Å². The van der Waals surface area contributed by atoms with Crippen molar-refractivity contribution in [1.29, 1.82) is 0 Å². The summed E-state index contributed by atoms with van der Waals surface area (Å²) in [5.74, 6) is 1.56. The minimum absolute atomic E-state index is 0.170. The summed E-state index contributed by atoms with van der Waals surface area (Å²) in [6, 6.07) is 21.2. The average molecular weight is 537 g/mol. The van der Waals surface area contributed by atoms with Crippen molar-refractivity contribution in [2.45, 2.75) is 31.7 Å². The molecule has 7 nitrogen and oxygen atoms in total. The van der Waals surface area contributed by atoms with Crippen LogP contribution in [0, 0.1) is 0 Å². The summed E-state index contributed by atoms with van der Waals surface area (Å²) in [4.78, 5) is 30.7. The molecule has 39 heavy (non-hydrogen) atoms. The van der Waals surface area contributed by atoms with Crippen LogP contribution in [0.2, 0.25) is 5.15 Å². The van der Waals surface area contributed by atoms with Crippen molar-refractivity contribution in [3.05, 3.63) is 84.0 Å². The third kappa shape index (κ3) is 4.36. The van der Waals surface area contributed by atoms with Gasteiger partial charge in [0.1, 0.15) is 11.3 Å². The SMILES string of the molecule is CC(=O)N1CCN([C@H]2C[C@@H](c3nc(-c4ccc5ccc(-c6ccccc6)nc5c4)c4c(Cl)nccn43)C2)CC1. The fraction of sp³-hybridized carbons (Fsp3) is 0.290. The zero-order valence-corrected chi connectivity index (χ0v) is 22.6. The molecule has 1 aliphatic heterocycles. The Morgan fingerprint density at radius 2 is 1.69 bits per heavy atom. The number of carbonyl (C=O) groups is 1. The Bertz CT molecular complexity index is 1690. The molecular formula is C31H29ClN6O. The molecule has 1 saturated heterocycles. The molecule has 1 saturated carbocycles. The quantitative estimate of drug-likeness (QED) is 0.296. The molecule has 196 valence electrons. The Kier molecular flexibility index (Phi) is 6.05. The molecule has 3 aromatic heterocycles. The van der Waals surface area contributed by atoms with Crippen LogP contribution in [0.1, 0.15) is 31.5 Å². The normalized spacial score (nSPS) is 19.9. The lowest BCUT2D eigenvalue weighted by Gasteiger charge is -2.46. The van der Waals surface area contributed by atoms with Gasteiger partial charge in [0, 0.05) is 74.0 Å². The molecule has 0 radical (unpaired) electrons. The van der Waals surface area contributed by atoms with Gasteiger partial charge in [-0.25, -0.2) is 15.0 Å². The predicted molar refractivity (Wildman–Crippen MR) is 154 cm³/mol. The maximum Gasteiger partial charge on any atom is 0.219 e. The predicted octanol–water partition coefficient (Wildman–Crippen LogP) is 5.68. The van der Waals surface area contributed by atoms with Crippen molar-refractivity contribution in [1.82, 2.24) is 29.2 Å². The molecule has 2 aliphatic rings. The average Bonchev–Trinajstić information content (AvgIpc) is 3.33. The molecule has 7 rings (SSSR count). The van der Waals surface area contributed by atoms with Crippen molar-refractivity contribution >= 4 is 33.9 Å². The van der Waals surface area contributed by atoms with Gasteiger partial charge in [0.2, 0.25) is 5.91 Å². The van der Waals surface area contributed by atoms with Crippen LogP contribution in [0.15, 0.2) is 73.1 Å². The van der Waals surface area contributed by atoms with Crippen LogP contribution >= 0.6 is 11.6 Å². The number of hydrogen-bond acceptors (Lipinski definition) is 5. The van der Waals surface area contributed by atoms with E-state index in [9.17, 15) is 4.79 Å². The van der Waals surface area contributed by atoms with Gasteiger partial charge in [-0.15, -0.1) is 0 Å². The number of piperazine rings is 1. The number of amides is 1. The number of nitrogens with zero attached hydrogens (tertiary/aromatic N) is 6. The molecule has 2 fully saturated rings. The van der Waals surface area contributed by atoms with E-state index in [-0.39, 0.29) is 5.91 Å². The Hall–Kier alpha value is -3.81. The van der Waals surface area contributed by atoms with Gasteiger partial charge >= 0.3 is 0 Å². The van der Waals surface area contributed by atoms with E-state index in [1.54, 1.807) is 13.1 Å². The van der Waals surface area contributed by atoms with Crippen molar-refractivity contribution in [2.75, 3.05) is 26.2 Å². The molecule has 2 aromatic carbocycles.